The van der Waals surface area contributed by atoms with Gasteiger partial charge in [-0.05, 0) is 35.9 Å². The van der Waals surface area contributed by atoms with Gasteiger partial charge in [-0.15, -0.1) is 0 Å². The topological polar surface area (TPSA) is 99.7 Å². The summed E-state index contributed by atoms with van der Waals surface area (Å²) in [5.74, 6) is -1.31. The summed E-state index contributed by atoms with van der Waals surface area (Å²) in [6.07, 6.45) is 4.04. The zero-order chi connectivity index (χ0) is 25.0. The number of rotatable bonds is 6. The Hall–Kier alpha value is -3.79. The number of piperazine rings is 1. The monoisotopic (exact) mass is 496 g/mol. The van der Waals surface area contributed by atoms with Crippen molar-refractivity contribution in [3.63, 3.8) is 0 Å². The molecule has 1 aliphatic rings. The summed E-state index contributed by atoms with van der Waals surface area (Å²) in [5, 5.41) is 2.82. The fourth-order valence-electron chi connectivity index (χ4n) is 4.04. The van der Waals surface area contributed by atoms with Crippen molar-refractivity contribution < 1.29 is 22.4 Å². The van der Waals surface area contributed by atoms with Gasteiger partial charge < -0.3 is 15.1 Å². The van der Waals surface area contributed by atoms with Crippen LogP contribution < -0.4 is 10.2 Å². The molecular weight excluding hydrogens is 471 g/mol. The lowest BCUT2D eigenvalue weighted by Crippen LogP contribution is -2.52. The Labute approximate surface area is 203 Å². The Bertz CT molecular complexity index is 1310. The van der Waals surface area contributed by atoms with E-state index in [4.69, 9.17) is 0 Å². The Kier molecular flexibility index (Phi) is 7.11. The number of nitrogens with one attached hydrogen (secondary N) is 1. The van der Waals surface area contributed by atoms with Gasteiger partial charge in [-0.2, -0.15) is 0 Å². The molecule has 0 radical (unpaired) electrons. The lowest BCUT2D eigenvalue weighted by atomic mass is 10.0. The molecule has 2 heterocycles. The molecule has 0 unspecified atom stereocenters. The fraction of sp³-hybridized carbons (Fsp3) is 0.240. The van der Waals surface area contributed by atoms with Crippen molar-refractivity contribution in [3.05, 3.63) is 90.0 Å². The molecule has 2 aromatic carbocycles. The normalized spacial score (nSPS) is 14.9. The second-order valence-corrected chi connectivity index (χ2v) is 10.2. The van der Waals surface area contributed by atoms with E-state index in [1.54, 1.807) is 47.5 Å². The van der Waals surface area contributed by atoms with Gasteiger partial charge in [0.15, 0.2) is 9.84 Å². The summed E-state index contributed by atoms with van der Waals surface area (Å²) in [5.41, 5.74) is 1.40. The number of pyridine rings is 1. The first-order valence-corrected chi connectivity index (χ1v) is 12.9. The number of halogens is 1. The molecule has 4 rings (SSSR count). The first kappa shape index (κ1) is 24.3. The summed E-state index contributed by atoms with van der Waals surface area (Å²) in [6, 6.07) is 15.0. The molecule has 0 aliphatic carbocycles. The zero-order valence-electron chi connectivity index (χ0n) is 19.1. The first-order valence-electron chi connectivity index (χ1n) is 11.0. The van der Waals surface area contributed by atoms with Crippen molar-refractivity contribution >= 4 is 27.3 Å². The smallest absolute Gasteiger partial charge is 0.253 e. The molecule has 10 heteroatoms. The highest BCUT2D eigenvalue weighted by Gasteiger charge is 2.31. The highest BCUT2D eigenvalue weighted by Crippen LogP contribution is 2.28. The van der Waals surface area contributed by atoms with Gasteiger partial charge in [-0.1, -0.05) is 30.3 Å². The molecule has 8 nitrogen and oxygen atoms in total. The van der Waals surface area contributed by atoms with Crippen LogP contribution >= 0.6 is 0 Å². The van der Waals surface area contributed by atoms with Crippen LogP contribution in [0.25, 0.3) is 0 Å². The Morgan fingerprint density at radius 3 is 2.34 bits per heavy atom. The minimum Gasteiger partial charge on any atom is -0.367 e. The van der Waals surface area contributed by atoms with Crippen LogP contribution in [-0.2, 0) is 14.6 Å². The second kappa shape index (κ2) is 10.2. The van der Waals surface area contributed by atoms with E-state index in [2.05, 4.69) is 10.3 Å². The molecular formula is C25H25FN4O4S. The number of amides is 2. The van der Waals surface area contributed by atoms with Gasteiger partial charge in [-0.3, -0.25) is 14.6 Å². The van der Waals surface area contributed by atoms with Gasteiger partial charge >= 0.3 is 0 Å². The van der Waals surface area contributed by atoms with Crippen LogP contribution in [0.5, 0.6) is 0 Å². The number of aromatic nitrogens is 1. The van der Waals surface area contributed by atoms with E-state index in [9.17, 15) is 22.4 Å². The number of carbonyl (C=O) groups excluding carboxylic acids is 2. The predicted molar refractivity (Wildman–Crippen MR) is 129 cm³/mol. The molecule has 1 aliphatic heterocycles. The van der Waals surface area contributed by atoms with E-state index in [0.717, 1.165) is 12.3 Å². The number of carbonyl (C=O) groups is 2. The maximum Gasteiger partial charge on any atom is 0.253 e. The van der Waals surface area contributed by atoms with E-state index < -0.39 is 27.6 Å². The maximum atomic E-state index is 13.7. The van der Waals surface area contributed by atoms with Gasteiger partial charge in [0.05, 0.1) is 16.1 Å². The van der Waals surface area contributed by atoms with E-state index in [0.29, 0.717) is 43.0 Å². The highest BCUT2D eigenvalue weighted by molar-refractivity contribution is 7.90. The van der Waals surface area contributed by atoms with Crippen molar-refractivity contribution in [3.8, 4) is 0 Å². The summed E-state index contributed by atoms with van der Waals surface area (Å²) >= 11 is 0. The lowest BCUT2D eigenvalue weighted by Gasteiger charge is -2.38. The second-order valence-electron chi connectivity index (χ2n) is 8.26. The van der Waals surface area contributed by atoms with Crippen LogP contribution in [0.4, 0.5) is 10.1 Å². The van der Waals surface area contributed by atoms with Crippen molar-refractivity contribution in [2.24, 2.45) is 0 Å². The van der Waals surface area contributed by atoms with Crippen molar-refractivity contribution in [1.29, 1.82) is 0 Å². The molecule has 182 valence electrons. The van der Waals surface area contributed by atoms with Gasteiger partial charge in [-0.25, -0.2) is 12.8 Å². The molecule has 1 saturated heterocycles. The van der Waals surface area contributed by atoms with Crippen LogP contribution in [0.15, 0.2) is 78.0 Å². The molecule has 0 saturated carbocycles. The van der Waals surface area contributed by atoms with E-state index in [-0.39, 0.29) is 10.8 Å². The van der Waals surface area contributed by atoms with Crippen molar-refractivity contribution in [2.75, 3.05) is 37.3 Å². The standard InChI is InChI=1S/C25H25FN4O4S/c1-35(33,34)22-16-20(26)9-10-21(22)29-12-14-30(15-13-29)25(32)23(18-6-3-2-4-7-18)28-24(31)19-8-5-11-27-17-19/h2-11,16-17,23H,12-15H2,1H3,(H,28,31)/t23-/m1/s1. The van der Waals surface area contributed by atoms with Crippen molar-refractivity contribution in [1.82, 2.24) is 15.2 Å². The first-order chi connectivity index (χ1) is 16.7. The fourth-order valence-corrected chi connectivity index (χ4v) is 4.94. The quantitative estimate of drug-likeness (QED) is 0.563. The minimum atomic E-state index is -3.64. The molecule has 1 aromatic heterocycles. The average Bonchev–Trinajstić information content (AvgIpc) is 2.87. The number of hydrogen-bond acceptors (Lipinski definition) is 6. The number of sulfone groups is 1. The van der Waals surface area contributed by atoms with Gasteiger partial charge in [0.1, 0.15) is 11.9 Å². The summed E-state index contributed by atoms with van der Waals surface area (Å²) in [6.45, 7) is 1.34. The van der Waals surface area contributed by atoms with E-state index in [1.807, 2.05) is 11.0 Å². The molecule has 1 atom stereocenters. The Balaban J connectivity index is 1.52. The number of benzene rings is 2. The largest absolute Gasteiger partial charge is 0.367 e. The molecule has 1 fully saturated rings. The molecule has 3 aromatic rings. The molecule has 0 bridgehead atoms. The number of hydrogen-bond donors (Lipinski definition) is 1. The van der Waals surface area contributed by atoms with E-state index >= 15 is 0 Å². The lowest BCUT2D eigenvalue weighted by molar-refractivity contribution is -0.133. The molecule has 35 heavy (non-hydrogen) atoms. The molecule has 2 amide bonds. The molecule has 0 spiro atoms. The molecule has 1 N–H and O–H groups in total. The third-order valence-electron chi connectivity index (χ3n) is 5.83. The van der Waals surface area contributed by atoms with E-state index in [1.165, 1.54) is 18.3 Å². The van der Waals surface area contributed by atoms with Gasteiger partial charge in [0.2, 0.25) is 5.91 Å². The predicted octanol–water partition coefficient (Wildman–Crippen LogP) is 2.44. The third-order valence-corrected chi connectivity index (χ3v) is 6.96. The Morgan fingerprint density at radius 1 is 1.00 bits per heavy atom. The van der Waals surface area contributed by atoms with Crippen LogP contribution in [0.3, 0.4) is 0 Å². The SMILES string of the molecule is CS(=O)(=O)c1cc(F)ccc1N1CCN(C(=O)[C@H](NC(=O)c2cccnc2)c2ccccc2)CC1. The minimum absolute atomic E-state index is 0.0804. The number of nitrogens with zero attached hydrogens (tertiary/aromatic N) is 3. The summed E-state index contributed by atoms with van der Waals surface area (Å²) in [4.78, 5) is 33.6. The van der Waals surface area contributed by atoms with Crippen LogP contribution in [0, 0.1) is 5.82 Å². The number of anilines is 1. The highest BCUT2D eigenvalue weighted by atomic mass is 32.2. The van der Waals surface area contributed by atoms with Crippen molar-refractivity contribution in [2.45, 2.75) is 10.9 Å². The van der Waals surface area contributed by atoms with Gasteiger partial charge in [0.25, 0.3) is 5.91 Å². The average molecular weight is 497 g/mol. The zero-order valence-corrected chi connectivity index (χ0v) is 19.9. The van der Waals surface area contributed by atoms with Gasteiger partial charge in [0, 0.05) is 44.8 Å². The van der Waals surface area contributed by atoms with Crippen LogP contribution in [-0.4, -0.2) is 62.6 Å². The summed E-state index contributed by atoms with van der Waals surface area (Å²) < 4.78 is 38.1. The third kappa shape index (κ3) is 5.65. The van der Waals surface area contributed by atoms with Crippen LogP contribution in [0.1, 0.15) is 22.0 Å². The summed E-state index contributed by atoms with van der Waals surface area (Å²) in [7, 11) is -3.64. The van der Waals surface area contributed by atoms with Crippen LogP contribution in [0.2, 0.25) is 0 Å². The maximum absolute atomic E-state index is 13.7. The Morgan fingerprint density at radius 2 is 1.71 bits per heavy atom.